The fourth-order valence-electron chi connectivity index (χ4n) is 3.76. The van der Waals surface area contributed by atoms with Gasteiger partial charge in [-0.15, -0.1) is 5.53 Å². The van der Waals surface area contributed by atoms with Crippen LogP contribution in [-0.2, 0) is 0 Å². The maximum Gasteiger partial charge on any atom is 0.0762 e. The van der Waals surface area contributed by atoms with Gasteiger partial charge >= 0.3 is 0 Å². The van der Waals surface area contributed by atoms with Crippen LogP contribution in [0.15, 0.2) is 66.7 Å². The minimum absolute atomic E-state index is 1.06. The molecule has 1 aromatic carbocycles. The number of nitrogens with one attached hydrogen (secondary N) is 1. The van der Waals surface area contributed by atoms with Gasteiger partial charge in [0.05, 0.1) is 5.70 Å². The molecule has 5 nitrogen and oxygen atoms in total. The highest BCUT2D eigenvalue weighted by Crippen LogP contribution is 2.18. The number of nitrogens with zero attached hydrogens (tertiary/aromatic N) is 4. The summed E-state index contributed by atoms with van der Waals surface area (Å²) >= 11 is 0. The molecule has 0 unspecified atom stereocenters. The standard InChI is InChI=1S/C21H29N5/c1-3-9-20(10-4-1)24-17-15-23(16-18-24)12-6-2-7-13-25-19-21-11-5-8-14-26(21)22-25/h1,3-5,8-11,14,19,22H,2,6-7,12-13,15-18H2. The number of allylic oxidation sites excluding steroid dienone is 3. The van der Waals surface area contributed by atoms with Crippen LogP contribution in [0.3, 0.4) is 0 Å². The number of hydrazine groups is 2. The number of benzene rings is 1. The van der Waals surface area contributed by atoms with Crippen LogP contribution >= 0.6 is 0 Å². The van der Waals surface area contributed by atoms with Gasteiger partial charge in [-0.1, -0.05) is 30.7 Å². The number of anilines is 1. The second-order valence-corrected chi connectivity index (χ2v) is 7.14. The number of unbranched alkanes of at least 4 members (excludes halogenated alkanes) is 2. The summed E-state index contributed by atoms with van der Waals surface area (Å²) < 4.78 is 0. The highest BCUT2D eigenvalue weighted by molar-refractivity contribution is 5.46. The maximum atomic E-state index is 3.37. The topological polar surface area (TPSA) is 25.0 Å². The summed E-state index contributed by atoms with van der Waals surface area (Å²) in [4.78, 5) is 5.12. The third-order valence-corrected chi connectivity index (χ3v) is 5.28. The lowest BCUT2D eigenvalue weighted by molar-refractivity contribution is 0.170. The molecule has 1 saturated heterocycles. The van der Waals surface area contributed by atoms with E-state index < -0.39 is 0 Å². The Morgan fingerprint density at radius 3 is 2.46 bits per heavy atom. The van der Waals surface area contributed by atoms with Gasteiger partial charge < -0.3 is 4.90 Å². The summed E-state index contributed by atoms with van der Waals surface area (Å²) in [5, 5.41) is 4.25. The summed E-state index contributed by atoms with van der Waals surface area (Å²) in [6.07, 6.45) is 14.3. The van der Waals surface area contributed by atoms with Crippen molar-refractivity contribution in [3.8, 4) is 0 Å². The second-order valence-electron chi connectivity index (χ2n) is 7.14. The average Bonchev–Trinajstić information content (AvgIpc) is 3.12. The molecule has 0 atom stereocenters. The quantitative estimate of drug-likeness (QED) is 0.762. The summed E-state index contributed by atoms with van der Waals surface area (Å²) in [6.45, 7) is 6.95. The Morgan fingerprint density at radius 1 is 0.846 bits per heavy atom. The van der Waals surface area contributed by atoms with Crippen LogP contribution in [0.5, 0.6) is 0 Å². The van der Waals surface area contributed by atoms with E-state index in [1.807, 2.05) is 6.08 Å². The second kappa shape index (κ2) is 8.43. The molecule has 4 rings (SSSR count). The molecule has 0 spiro atoms. The highest BCUT2D eigenvalue weighted by atomic mass is 15.8. The van der Waals surface area contributed by atoms with Gasteiger partial charge in [-0.3, -0.25) is 14.9 Å². The number of piperazine rings is 1. The van der Waals surface area contributed by atoms with E-state index in [0.29, 0.717) is 0 Å². The Morgan fingerprint density at radius 2 is 1.65 bits per heavy atom. The predicted molar refractivity (Wildman–Crippen MR) is 107 cm³/mol. The molecular formula is C21H29N5. The van der Waals surface area contributed by atoms with Crippen LogP contribution in [0.1, 0.15) is 19.3 Å². The first-order valence-corrected chi connectivity index (χ1v) is 9.80. The molecule has 0 radical (unpaired) electrons. The Hall–Kier alpha value is -2.24. The van der Waals surface area contributed by atoms with Gasteiger partial charge in [-0.2, -0.15) is 0 Å². The van der Waals surface area contributed by atoms with E-state index in [4.69, 9.17) is 0 Å². The minimum Gasteiger partial charge on any atom is -0.369 e. The first kappa shape index (κ1) is 17.2. The van der Waals surface area contributed by atoms with Crippen LogP contribution in [0, 0.1) is 0 Å². The Kier molecular flexibility index (Phi) is 5.57. The van der Waals surface area contributed by atoms with Gasteiger partial charge in [0.2, 0.25) is 0 Å². The van der Waals surface area contributed by atoms with Crippen molar-refractivity contribution in [1.82, 2.24) is 20.5 Å². The molecule has 3 heterocycles. The van der Waals surface area contributed by atoms with Crippen LogP contribution in [0.25, 0.3) is 0 Å². The lowest BCUT2D eigenvalue weighted by atomic mass is 10.2. The lowest BCUT2D eigenvalue weighted by Crippen LogP contribution is -2.46. The van der Waals surface area contributed by atoms with E-state index in [9.17, 15) is 0 Å². The summed E-state index contributed by atoms with van der Waals surface area (Å²) in [6, 6.07) is 10.8. The molecule has 0 aliphatic carbocycles. The van der Waals surface area contributed by atoms with Crippen molar-refractivity contribution >= 4 is 5.69 Å². The minimum atomic E-state index is 1.06. The number of hydrogen-bond acceptors (Lipinski definition) is 5. The number of fused-ring (bicyclic) bond motifs is 1. The molecule has 0 saturated carbocycles. The summed E-state index contributed by atoms with van der Waals surface area (Å²) in [5.41, 5.74) is 5.95. The van der Waals surface area contributed by atoms with Crippen LogP contribution < -0.4 is 10.4 Å². The number of hydrogen-bond donors (Lipinski definition) is 1. The molecule has 1 aromatic rings. The van der Waals surface area contributed by atoms with Gasteiger partial charge in [-0.05, 0) is 43.7 Å². The van der Waals surface area contributed by atoms with Gasteiger partial charge in [0.25, 0.3) is 0 Å². The van der Waals surface area contributed by atoms with E-state index >= 15 is 0 Å². The van der Waals surface area contributed by atoms with Gasteiger partial charge in [-0.25, -0.2) is 0 Å². The molecule has 3 aliphatic heterocycles. The number of para-hydroxylation sites is 1. The Bertz CT molecular complexity index is 658. The zero-order chi connectivity index (χ0) is 17.6. The molecule has 0 bridgehead atoms. The average molecular weight is 351 g/mol. The van der Waals surface area contributed by atoms with Gasteiger partial charge in [0.15, 0.2) is 0 Å². The zero-order valence-corrected chi connectivity index (χ0v) is 15.4. The molecule has 0 aromatic heterocycles. The third-order valence-electron chi connectivity index (χ3n) is 5.28. The first-order chi connectivity index (χ1) is 12.9. The normalized spacial score (nSPS) is 19.8. The molecular weight excluding hydrogens is 322 g/mol. The molecule has 1 fully saturated rings. The third kappa shape index (κ3) is 4.29. The van der Waals surface area contributed by atoms with Crippen molar-refractivity contribution in [2.45, 2.75) is 19.3 Å². The molecule has 0 amide bonds. The largest absolute Gasteiger partial charge is 0.369 e. The van der Waals surface area contributed by atoms with Crippen LogP contribution in [0.4, 0.5) is 5.69 Å². The fourth-order valence-corrected chi connectivity index (χ4v) is 3.76. The van der Waals surface area contributed by atoms with Crippen molar-refractivity contribution in [1.29, 1.82) is 0 Å². The fraction of sp³-hybridized carbons (Fsp3) is 0.429. The van der Waals surface area contributed by atoms with Crippen molar-refractivity contribution in [2.24, 2.45) is 0 Å². The SMILES string of the molecule is C1=CC2=CN(CCCCCN3CCN(c4ccccc4)CC3)NN2C=C1. The monoisotopic (exact) mass is 351 g/mol. The van der Waals surface area contributed by atoms with Crippen molar-refractivity contribution in [3.63, 3.8) is 0 Å². The van der Waals surface area contributed by atoms with Crippen LogP contribution in [-0.4, -0.2) is 54.2 Å². The zero-order valence-electron chi connectivity index (χ0n) is 15.4. The summed E-state index contributed by atoms with van der Waals surface area (Å²) in [7, 11) is 0. The maximum absolute atomic E-state index is 3.37. The van der Waals surface area contributed by atoms with Gasteiger partial charge in [0, 0.05) is 50.8 Å². The van der Waals surface area contributed by atoms with E-state index in [2.05, 4.69) is 80.2 Å². The van der Waals surface area contributed by atoms with Crippen LogP contribution in [0.2, 0.25) is 0 Å². The smallest absolute Gasteiger partial charge is 0.0762 e. The van der Waals surface area contributed by atoms with E-state index in [1.54, 1.807) is 0 Å². The molecule has 3 aliphatic rings. The van der Waals surface area contributed by atoms with E-state index in [0.717, 1.165) is 19.6 Å². The molecule has 1 N–H and O–H groups in total. The van der Waals surface area contributed by atoms with E-state index in [-0.39, 0.29) is 0 Å². The van der Waals surface area contributed by atoms with Crippen molar-refractivity contribution < 1.29 is 0 Å². The number of rotatable bonds is 7. The first-order valence-electron chi connectivity index (χ1n) is 9.80. The molecule has 26 heavy (non-hydrogen) atoms. The Balaban J connectivity index is 1.09. The molecule has 138 valence electrons. The van der Waals surface area contributed by atoms with E-state index in [1.165, 1.54) is 50.3 Å². The highest BCUT2D eigenvalue weighted by Gasteiger charge is 2.18. The Labute approximate surface area is 156 Å². The van der Waals surface area contributed by atoms with Crippen molar-refractivity contribution in [2.75, 3.05) is 44.2 Å². The van der Waals surface area contributed by atoms with Gasteiger partial charge in [0.1, 0.15) is 0 Å². The summed E-state index contributed by atoms with van der Waals surface area (Å²) in [5.74, 6) is 0. The molecule has 5 heteroatoms. The lowest BCUT2D eigenvalue weighted by Gasteiger charge is -2.36. The predicted octanol–water partition coefficient (Wildman–Crippen LogP) is 2.94. The van der Waals surface area contributed by atoms with Crippen molar-refractivity contribution in [3.05, 3.63) is 66.7 Å².